The van der Waals surface area contributed by atoms with Crippen molar-refractivity contribution in [2.24, 2.45) is 5.73 Å². The molecule has 2 aromatic rings. The molecule has 17 heavy (non-hydrogen) atoms. The number of hydrogen-bond donors (Lipinski definition) is 1. The van der Waals surface area contributed by atoms with Gasteiger partial charge in [0.25, 0.3) is 0 Å². The van der Waals surface area contributed by atoms with Gasteiger partial charge in [-0.2, -0.15) is 0 Å². The van der Waals surface area contributed by atoms with Crippen LogP contribution in [0.1, 0.15) is 16.9 Å². The molecular formula is C13H14FNO2. The van der Waals surface area contributed by atoms with Gasteiger partial charge in [-0.15, -0.1) is 0 Å². The van der Waals surface area contributed by atoms with Crippen molar-refractivity contribution in [3.05, 3.63) is 53.2 Å². The van der Waals surface area contributed by atoms with Crippen molar-refractivity contribution in [1.29, 1.82) is 0 Å². The van der Waals surface area contributed by atoms with Crippen LogP contribution in [0.2, 0.25) is 0 Å². The monoisotopic (exact) mass is 235 g/mol. The minimum atomic E-state index is -0.339. The summed E-state index contributed by atoms with van der Waals surface area (Å²) in [4.78, 5) is 0. The van der Waals surface area contributed by atoms with E-state index in [1.807, 2.05) is 0 Å². The van der Waals surface area contributed by atoms with Crippen LogP contribution in [0.3, 0.4) is 0 Å². The topological polar surface area (TPSA) is 48.4 Å². The van der Waals surface area contributed by atoms with E-state index in [2.05, 4.69) is 0 Å². The van der Waals surface area contributed by atoms with Crippen LogP contribution in [0.5, 0.6) is 5.75 Å². The lowest BCUT2D eigenvalue weighted by Gasteiger charge is -2.07. The quantitative estimate of drug-likeness (QED) is 0.886. The molecule has 2 rings (SSSR count). The first-order valence-corrected chi connectivity index (χ1v) is 5.35. The Morgan fingerprint density at radius 2 is 2.18 bits per heavy atom. The largest absolute Gasteiger partial charge is 0.483 e. The molecule has 0 amide bonds. The molecule has 90 valence electrons. The van der Waals surface area contributed by atoms with Crippen molar-refractivity contribution in [3.8, 4) is 5.75 Å². The summed E-state index contributed by atoms with van der Waals surface area (Å²) in [6, 6.07) is 6.82. The molecule has 1 aromatic carbocycles. The maximum absolute atomic E-state index is 13.6. The van der Waals surface area contributed by atoms with E-state index in [1.165, 1.54) is 0 Å². The SMILES string of the molecule is Cc1cccc(OCc2occc2CN)c1F. The first-order chi connectivity index (χ1) is 8.22. The molecule has 0 bridgehead atoms. The van der Waals surface area contributed by atoms with E-state index in [0.717, 1.165) is 5.56 Å². The van der Waals surface area contributed by atoms with Gasteiger partial charge in [-0.1, -0.05) is 12.1 Å². The van der Waals surface area contributed by atoms with E-state index in [-0.39, 0.29) is 18.2 Å². The summed E-state index contributed by atoms with van der Waals surface area (Å²) in [5.41, 5.74) is 6.96. The maximum atomic E-state index is 13.6. The molecule has 0 saturated carbocycles. The van der Waals surface area contributed by atoms with E-state index in [1.54, 1.807) is 37.5 Å². The van der Waals surface area contributed by atoms with Crippen molar-refractivity contribution in [2.75, 3.05) is 0 Å². The van der Waals surface area contributed by atoms with Gasteiger partial charge in [0.05, 0.1) is 6.26 Å². The minimum Gasteiger partial charge on any atom is -0.483 e. The van der Waals surface area contributed by atoms with Crippen molar-refractivity contribution in [3.63, 3.8) is 0 Å². The Kier molecular flexibility index (Phi) is 3.44. The molecule has 2 N–H and O–H groups in total. The smallest absolute Gasteiger partial charge is 0.167 e. The summed E-state index contributed by atoms with van der Waals surface area (Å²) in [5, 5.41) is 0. The first kappa shape index (κ1) is 11.7. The Balaban J connectivity index is 2.10. The molecule has 0 aliphatic heterocycles. The lowest BCUT2D eigenvalue weighted by molar-refractivity contribution is 0.256. The summed E-state index contributed by atoms with van der Waals surface area (Å²) >= 11 is 0. The molecule has 0 saturated heterocycles. The van der Waals surface area contributed by atoms with Crippen LogP contribution in [0.15, 0.2) is 34.9 Å². The van der Waals surface area contributed by atoms with E-state index in [0.29, 0.717) is 17.9 Å². The number of nitrogens with two attached hydrogens (primary N) is 1. The highest BCUT2D eigenvalue weighted by atomic mass is 19.1. The number of hydrogen-bond acceptors (Lipinski definition) is 3. The van der Waals surface area contributed by atoms with Crippen molar-refractivity contribution < 1.29 is 13.5 Å². The van der Waals surface area contributed by atoms with Crippen LogP contribution in [-0.2, 0) is 13.2 Å². The molecular weight excluding hydrogens is 221 g/mol. The fraction of sp³-hybridized carbons (Fsp3) is 0.231. The highest BCUT2D eigenvalue weighted by Crippen LogP contribution is 2.21. The average Bonchev–Trinajstić information content (AvgIpc) is 2.78. The zero-order valence-electron chi connectivity index (χ0n) is 9.57. The third-order valence-electron chi connectivity index (χ3n) is 2.57. The second-order valence-corrected chi connectivity index (χ2v) is 3.75. The lowest BCUT2D eigenvalue weighted by Crippen LogP contribution is -2.03. The van der Waals surface area contributed by atoms with Gasteiger partial charge in [0.15, 0.2) is 11.6 Å². The Morgan fingerprint density at radius 3 is 2.94 bits per heavy atom. The van der Waals surface area contributed by atoms with Gasteiger partial charge in [-0.05, 0) is 24.6 Å². The molecule has 0 spiro atoms. The van der Waals surface area contributed by atoms with Gasteiger partial charge in [0, 0.05) is 12.1 Å². The summed E-state index contributed by atoms with van der Waals surface area (Å²) in [6.45, 7) is 2.26. The molecule has 1 aromatic heterocycles. The molecule has 3 nitrogen and oxygen atoms in total. The van der Waals surface area contributed by atoms with Gasteiger partial charge in [0.1, 0.15) is 12.4 Å². The summed E-state index contributed by atoms with van der Waals surface area (Å²) in [5.74, 6) is 0.520. The summed E-state index contributed by atoms with van der Waals surface area (Å²) < 4.78 is 24.2. The van der Waals surface area contributed by atoms with Crippen LogP contribution in [0.4, 0.5) is 4.39 Å². The van der Waals surface area contributed by atoms with E-state index in [4.69, 9.17) is 14.9 Å². The van der Waals surface area contributed by atoms with Crippen molar-refractivity contribution in [1.82, 2.24) is 0 Å². The molecule has 1 heterocycles. The Labute approximate surface area is 99.0 Å². The van der Waals surface area contributed by atoms with Crippen molar-refractivity contribution >= 4 is 0 Å². The fourth-order valence-electron chi connectivity index (χ4n) is 1.55. The zero-order chi connectivity index (χ0) is 12.3. The van der Waals surface area contributed by atoms with E-state index in [9.17, 15) is 4.39 Å². The highest BCUT2D eigenvalue weighted by Gasteiger charge is 2.09. The predicted octanol–water partition coefficient (Wildman–Crippen LogP) is 2.76. The van der Waals surface area contributed by atoms with Crippen molar-refractivity contribution in [2.45, 2.75) is 20.1 Å². The molecule has 4 heteroatoms. The average molecular weight is 235 g/mol. The summed E-state index contributed by atoms with van der Waals surface area (Å²) in [7, 11) is 0. The Morgan fingerprint density at radius 1 is 1.35 bits per heavy atom. The molecule has 0 aliphatic rings. The van der Waals surface area contributed by atoms with Crippen LogP contribution >= 0.6 is 0 Å². The number of benzene rings is 1. The van der Waals surface area contributed by atoms with Gasteiger partial charge >= 0.3 is 0 Å². The normalized spacial score (nSPS) is 10.5. The molecule has 0 unspecified atom stereocenters. The van der Waals surface area contributed by atoms with Gasteiger partial charge < -0.3 is 14.9 Å². The predicted molar refractivity (Wildman–Crippen MR) is 62.1 cm³/mol. The first-order valence-electron chi connectivity index (χ1n) is 5.35. The molecule has 0 atom stereocenters. The standard InChI is InChI=1S/C13H14FNO2/c1-9-3-2-4-11(13(9)14)17-8-12-10(7-15)5-6-16-12/h2-6H,7-8,15H2,1H3. The molecule has 0 aliphatic carbocycles. The van der Waals surface area contributed by atoms with E-state index >= 15 is 0 Å². The molecule has 0 fully saturated rings. The van der Waals surface area contributed by atoms with Gasteiger partial charge in [-0.25, -0.2) is 4.39 Å². The van der Waals surface area contributed by atoms with Crippen LogP contribution in [-0.4, -0.2) is 0 Å². The Bertz CT molecular complexity index is 508. The number of furan rings is 1. The second kappa shape index (κ2) is 5.01. The zero-order valence-corrected chi connectivity index (χ0v) is 9.57. The van der Waals surface area contributed by atoms with Crippen LogP contribution in [0.25, 0.3) is 0 Å². The third-order valence-corrected chi connectivity index (χ3v) is 2.57. The highest BCUT2D eigenvalue weighted by molar-refractivity contribution is 5.30. The third kappa shape index (κ3) is 2.47. The minimum absolute atomic E-state index is 0.180. The maximum Gasteiger partial charge on any atom is 0.167 e. The van der Waals surface area contributed by atoms with E-state index < -0.39 is 0 Å². The Hall–Kier alpha value is -1.81. The number of rotatable bonds is 4. The van der Waals surface area contributed by atoms with Crippen LogP contribution in [0, 0.1) is 12.7 Å². The number of aryl methyl sites for hydroxylation is 1. The summed E-state index contributed by atoms with van der Waals surface area (Å²) in [6.07, 6.45) is 1.55. The van der Waals surface area contributed by atoms with Gasteiger partial charge in [-0.3, -0.25) is 0 Å². The second-order valence-electron chi connectivity index (χ2n) is 3.75. The molecule has 0 radical (unpaired) electrons. The fourth-order valence-corrected chi connectivity index (χ4v) is 1.55. The number of ether oxygens (including phenoxy) is 1. The lowest BCUT2D eigenvalue weighted by atomic mass is 10.2. The van der Waals surface area contributed by atoms with Crippen LogP contribution < -0.4 is 10.5 Å². The van der Waals surface area contributed by atoms with Gasteiger partial charge in [0.2, 0.25) is 0 Å². The number of halogens is 1.